The predicted octanol–water partition coefficient (Wildman–Crippen LogP) is 4.12. The maximum absolute atomic E-state index is 11.1. The van der Waals surface area contributed by atoms with E-state index in [2.05, 4.69) is 4.98 Å². The van der Waals surface area contributed by atoms with E-state index in [0.717, 1.165) is 17.7 Å². The third-order valence-electron chi connectivity index (χ3n) is 3.66. The van der Waals surface area contributed by atoms with Gasteiger partial charge in [0.1, 0.15) is 15.0 Å². The van der Waals surface area contributed by atoms with Crippen LogP contribution < -0.4 is 0 Å². The normalized spacial score (nSPS) is 11.4. The van der Waals surface area contributed by atoms with Gasteiger partial charge in [-0.25, -0.2) is 8.42 Å². The molecule has 3 aromatic carbocycles. The standard InChI is InChI=1S/C10H8O6S2.C7H6ClN2/c11-17(12,13)9-5-1-3-7-8(9)4-2-6-10(7)18(14,15)16;1-5-4-6(8)2-3-7(5)10-9/h1-6H,(H,11,12,13)(H,14,15,16);2-4H,1H3/q;+1/p-1. The van der Waals surface area contributed by atoms with Crippen molar-refractivity contribution >= 4 is 48.3 Å². The summed E-state index contributed by atoms with van der Waals surface area (Å²) in [5.74, 6) is 0. The molecule has 0 unspecified atom stereocenters. The average molecular weight is 441 g/mol. The Morgan fingerprint density at radius 2 is 1.50 bits per heavy atom. The van der Waals surface area contributed by atoms with Crippen LogP contribution in [0.3, 0.4) is 0 Å². The number of hydrogen-bond acceptors (Lipinski definition) is 6. The summed E-state index contributed by atoms with van der Waals surface area (Å²) >= 11 is 5.65. The van der Waals surface area contributed by atoms with Gasteiger partial charge in [-0.3, -0.25) is 4.55 Å². The van der Waals surface area contributed by atoms with Crippen LogP contribution in [-0.2, 0) is 20.2 Å². The Balaban J connectivity index is 0.000000237. The van der Waals surface area contributed by atoms with Gasteiger partial charge in [0.05, 0.1) is 4.90 Å². The zero-order valence-corrected chi connectivity index (χ0v) is 16.7. The smallest absolute Gasteiger partial charge is 0.388 e. The van der Waals surface area contributed by atoms with Crippen molar-refractivity contribution in [2.75, 3.05) is 0 Å². The molecule has 0 aliphatic heterocycles. The molecule has 28 heavy (non-hydrogen) atoms. The van der Waals surface area contributed by atoms with Crippen LogP contribution in [-0.4, -0.2) is 25.9 Å². The minimum absolute atomic E-state index is 0.0167. The Kier molecular flexibility index (Phi) is 6.38. The van der Waals surface area contributed by atoms with Gasteiger partial charge < -0.3 is 4.55 Å². The summed E-state index contributed by atoms with van der Waals surface area (Å²) in [7, 11) is -9.21. The summed E-state index contributed by atoms with van der Waals surface area (Å²) in [6.07, 6.45) is 0. The summed E-state index contributed by atoms with van der Waals surface area (Å²) in [5, 5.41) is 8.99. The Hall–Kier alpha value is -2.55. The highest BCUT2D eigenvalue weighted by atomic mass is 35.5. The number of fused-ring (bicyclic) bond motifs is 1. The largest absolute Gasteiger partial charge is 0.744 e. The van der Waals surface area contributed by atoms with Gasteiger partial charge in [-0.1, -0.05) is 35.9 Å². The average Bonchev–Trinajstić information content (AvgIpc) is 2.59. The van der Waals surface area contributed by atoms with Crippen LogP contribution >= 0.6 is 11.6 Å². The van der Waals surface area contributed by atoms with Crippen molar-refractivity contribution in [2.45, 2.75) is 16.7 Å². The highest BCUT2D eigenvalue weighted by molar-refractivity contribution is 7.86. The lowest BCUT2D eigenvalue weighted by atomic mass is 10.1. The van der Waals surface area contributed by atoms with Crippen molar-refractivity contribution in [3.05, 3.63) is 70.2 Å². The fourth-order valence-electron chi connectivity index (χ4n) is 2.43. The molecule has 3 rings (SSSR count). The molecule has 3 aromatic rings. The topological polar surface area (TPSA) is 140 Å². The third-order valence-corrected chi connectivity index (χ3v) is 5.70. The van der Waals surface area contributed by atoms with Crippen molar-refractivity contribution in [1.82, 2.24) is 0 Å². The first-order chi connectivity index (χ1) is 12.9. The van der Waals surface area contributed by atoms with Crippen LogP contribution in [0.25, 0.3) is 15.7 Å². The van der Waals surface area contributed by atoms with E-state index in [1.54, 1.807) is 18.2 Å². The first-order valence-corrected chi connectivity index (χ1v) is 10.7. The number of rotatable bonds is 2. The van der Waals surface area contributed by atoms with E-state index in [9.17, 15) is 21.4 Å². The molecule has 0 amide bonds. The number of hydrogen-bond donors (Lipinski definition) is 1. The molecule has 0 fully saturated rings. The van der Waals surface area contributed by atoms with Gasteiger partial charge in [0.25, 0.3) is 10.1 Å². The van der Waals surface area contributed by atoms with Crippen molar-refractivity contribution < 1.29 is 25.9 Å². The van der Waals surface area contributed by atoms with Crippen molar-refractivity contribution in [1.29, 1.82) is 5.39 Å². The molecule has 11 heteroatoms. The second-order valence-electron chi connectivity index (χ2n) is 5.57. The van der Waals surface area contributed by atoms with Gasteiger partial charge in [-0.05, 0) is 31.2 Å². The van der Waals surface area contributed by atoms with E-state index in [4.69, 9.17) is 21.5 Å². The number of halogens is 1. The molecule has 0 saturated heterocycles. The molecule has 1 N–H and O–H groups in total. The van der Waals surface area contributed by atoms with Crippen LogP contribution in [0.1, 0.15) is 5.56 Å². The van der Waals surface area contributed by atoms with Gasteiger partial charge in [0.2, 0.25) is 5.39 Å². The van der Waals surface area contributed by atoms with Gasteiger partial charge in [0.15, 0.2) is 4.98 Å². The minimum atomic E-state index is -4.72. The molecule has 0 spiro atoms. The molecule has 8 nitrogen and oxygen atoms in total. The van der Waals surface area contributed by atoms with Crippen LogP contribution in [0.2, 0.25) is 5.02 Å². The van der Waals surface area contributed by atoms with Gasteiger partial charge >= 0.3 is 5.69 Å². The molecule has 0 atom stereocenters. The second-order valence-corrected chi connectivity index (χ2v) is 8.74. The Bertz CT molecular complexity index is 1230. The van der Waals surface area contributed by atoms with Gasteiger partial charge in [-0.2, -0.15) is 8.42 Å². The van der Waals surface area contributed by atoms with Crippen LogP contribution in [0, 0.1) is 12.3 Å². The Morgan fingerprint density at radius 1 is 0.964 bits per heavy atom. The second kappa shape index (κ2) is 8.22. The highest BCUT2D eigenvalue weighted by Crippen LogP contribution is 2.28. The summed E-state index contributed by atoms with van der Waals surface area (Å²) in [6.45, 7) is 1.83. The maximum Gasteiger partial charge on any atom is 0.388 e. The number of aryl methyl sites for hydroxylation is 1. The van der Waals surface area contributed by atoms with E-state index < -0.39 is 30.0 Å². The van der Waals surface area contributed by atoms with Crippen molar-refractivity contribution in [2.24, 2.45) is 0 Å². The van der Waals surface area contributed by atoms with E-state index in [1.807, 2.05) is 6.92 Å². The summed E-state index contributed by atoms with van der Waals surface area (Å²) in [6, 6.07) is 12.4. The van der Waals surface area contributed by atoms with Crippen molar-refractivity contribution in [3.63, 3.8) is 0 Å². The number of benzene rings is 3. The zero-order chi connectivity index (χ0) is 21.1. The molecule has 0 heterocycles. The van der Waals surface area contributed by atoms with E-state index in [0.29, 0.717) is 10.7 Å². The van der Waals surface area contributed by atoms with Gasteiger partial charge in [-0.15, -0.1) is 0 Å². The molecule has 0 saturated carbocycles. The minimum Gasteiger partial charge on any atom is -0.744 e. The van der Waals surface area contributed by atoms with Crippen LogP contribution in [0.15, 0.2) is 64.4 Å². The van der Waals surface area contributed by atoms with Crippen molar-refractivity contribution in [3.8, 4) is 0 Å². The quantitative estimate of drug-likeness (QED) is 0.466. The Labute approximate surface area is 166 Å². The fraction of sp³-hybridized carbons (Fsp3) is 0.0588. The van der Waals surface area contributed by atoms with Gasteiger partial charge in [0, 0.05) is 27.4 Å². The summed E-state index contributed by atoms with van der Waals surface area (Å²) in [5.41, 5.74) is 1.43. The van der Waals surface area contributed by atoms with E-state index in [1.165, 1.54) is 24.3 Å². The first-order valence-electron chi connectivity index (χ1n) is 7.51. The molecule has 146 valence electrons. The fourth-order valence-corrected chi connectivity index (χ4v) is 4.05. The predicted molar refractivity (Wildman–Crippen MR) is 103 cm³/mol. The molecule has 0 radical (unpaired) electrons. The molecule has 0 bridgehead atoms. The summed E-state index contributed by atoms with van der Waals surface area (Å²) in [4.78, 5) is 2.09. The van der Waals surface area contributed by atoms with E-state index in [-0.39, 0.29) is 10.8 Å². The Morgan fingerprint density at radius 3 is 1.96 bits per heavy atom. The van der Waals surface area contributed by atoms with Crippen LogP contribution in [0.4, 0.5) is 5.69 Å². The maximum atomic E-state index is 11.1. The first kappa shape index (κ1) is 21.7. The lowest BCUT2D eigenvalue weighted by molar-refractivity contribution is 0.463. The van der Waals surface area contributed by atoms with Crippen LogP contribution in [0.5, 0.6) is 0 Å². The SMILES string of the molecule is Cc1cc(Cl)ccc1[N+]#N.O=S(=O)([O-])c1cccc2c(S(=O)(=O)O)cccc12. The molecular weight excluding hydrogens is 428 g/mol. The highest BCUT2D eigenvalue weighted by Gasteiger charge is 2.16. The molecule has 0 aliphatic rings. The molecule has 0 aromatic heterocycles. The molecular formula is C17H13ClN2O6S2. The third kappa shape index (κ3) is 5.03. The lowest BCUT2D eigenvalue weighted by Gasteiger charge is -2.11. The van der Waals surface area contributed by atoms with E-state index >= 15 is 0 Å². The number of nitrogens with zero attached hydrogens (tertiary/aromatic N) is 2. The number of diazo groups is 1. The zero-order valence-electron chi connectivity index (χ0n) is 14.3. The monoisotopic (exact) mass is 440 g/mol. The summed E-state index contributed by atoms with van der Waals surface area (Å²) < 4.78 is 64.4. The lowest BCUT2D eigenvalue weighted by Crippen LogP contribution is -2.02. The molecule has 0 aliphatic carbocycles.